The first kappa shape index (κ1) is 17.4. The third-order valence-electron chi connectivity index (χ3n) is 3.95. The number of likely N-dealkylation sites (N-methyl/N-ethyl adjacent to an activating group) is 1. The highest BCUT2D eigenvalue weighted by molar-refractivity contribution is 5.80. The van der Waals surface area contributed by atoms with E-state index in [9.17, 15) is 4.79 Å². The van der Waals surface area contributed by atoms with Gasteiger partial charge < -0.3 is 9.64 Å². The summed E-state index contributed by atoms with van der Waals surface area (Å²) in [6.07, 6.45) is 1.14. The van der Waals surface area contributed by atoms with Gasteiger partial charge in [0.1, 0.15) is 5.54 Å². The van der Waals surface area contributed by atoms with Gasteiger partial charge in [-0.15, -0.1) is 0 Å². The maximum absolute atomic E-state index is 12.2. The average molecular weight is 285 g/mol. The number of nitrogens with zero attached hydrogens (tertiary/aromatic N) is 2. The van der Waals surface area contributed by atoms with E-state index >= 15 is 0 Å². The zero-order valence-electron chi connectivity index (χ0n) is 13.9. The molecule has 0 saturated carbocycles. The Morgan fingerprint density at radius 2 is 2.10 bits per heavy atom. The first-order valence-corrected chi connectivity index (χ1v) is 7.57. The number of nitrogens with one attached hydrogen (secondary N) is 1. The van der Waals surface area contributed by atoms with Crippen molar-refractivity contribution < 1.29 is 9.53 Å². The molecule has 0 aromatic carbocycles. The number of hydrogen-bond donors (Lipinski definition) is 1. The first-order valence-electron chi connectivity index (χ1n) is 7.57. The van der Waals surface area contributed by atoms with Crippen LogP contribution in [0.25, 0.3) is 0 Å². The minimum Gasteiger partial charge on any atom is -0.468 e. The van der Waals surface area contributed by atoms with Gasteiger partial charge in [-0.3, -0.25) is 15.0 Å². The molecule has 5 nitrogen and oxygen atoms in total. The van der Waals surface area contributed by atoms with Crippen molar-refractivity contribution in [1.82, 2.24) is 15.1 Å². The third kappa shape index (κ3) is 4.72. The molecule has 0 aromatic heterocycles. The van der Waals surface area contributed by atoms with Crippen molar-refractivity contribution in [3.05, 3.63) is 0 Å². The van der Waals surface area contributed by atoms with Crippen LogP contribution < -0.4 is 5.32 Å². The fourth-order valence-corrected chi connectivity index (χ4v) is 3.09. The molecule has 0 amide bonds. The van der Waals surface area contributed by atoms with Crippen LogP contribution in [0.3, 0.4) is 0 Å². The summed E-state index contributed by atoms with van der Waals surface area (Å²) in [6, 6.07) is 0.685. The molecule has 1 N–H and O–H groups in total. The Hall–Kier alpha value is -0.650. The van der Waals surface area contributed by atoms with Crippen LogP contribution in [-0.2, 0) is 9.53 Å². The van der Waals surface area contributed by atoms with Crippen LogP contribution in [0.5, 0.6) is 0 Å². The van der Waals surface area contributed by atoms with Gasteiger partial charge in [0.2, 0.25) is 0 Å². The standard InChI is InChI=1S/C15H31N3O2/c1-12(2)16-15(4,14(19)20-6)11-18-9-7-8-17(5)10-13(18)3/h12-13,16H,7-11H2,1-6H3. The van der Waals surface area contributed by atoms with Gasteiger partial charge in [0, 0.05) is 25.2 Å². The maximum atomic E-state index is 12.2. The highest BCUT2D eigenvalue weighted by Gasteiger charge is 2.38. The third-order valence-corrected chi connectivity index (χ3v) is 3.95. The lowest BCUT2D eigenvalue weighted by Crippen LogP contribution is -2.60. The number of rotatable bonds is 5. The summed E-state index contributed by atoms with van der Waals surface area (Å²) < 4.78 is 5.01. The molecule has 2 atom stereocenters. The molecule has 1 rings (SSSR count). The van der Waals surface area contributed by atoms with Gasteiger partial charge >= 0.3 is 5.97 Å². The number of carbonyl (C=O) groups is 1. The van der Waals surface area contributed by atoms with Gasteiger partial charge in [0.15, 0.2) is 0 Å². The van der Waals surface area contributed by atoms with E-state index in [2.05, 4.69) is 42.9 Å². The fourth-order valence-electron chi connectivity index (χ4n) is 3.09. The summed E-state index contributed by atoms with van der Waals surface area (Å²) in [5.74, 6) is -0.184. The van der Waals surface area contributed by atoms with E-state index in [4.69, 9.17) is 4.74 Å². The molecule has 1 aliphatic rings. The molecular formula is C15H31N3O2. The Labute approximate surface area is 123 Å². The molecule has 1 saturated heterocycles. The molecule has 0 bridgehead atoms. The lowest BCUT2D eigenvalue weighted by atomic mass is 9.99. The highest BCUT2D eigenvalue weighted by atomic mass is 16.5. The molecule has 20 heavy (non-hydrogen) atoms. The quantitative estimate of drug-likeness (QED) is 0.762. The molecule has 0 aromatic rings. The van der Waals surface area contributed by atoms with Crippen molar-refractivity contribution in [3.63, 3.8) is 0 Å². The normalized spacial score (nSPS) is 25.2. The Bertz CT molecular complexity index is 322. The number of methoxy groups -OCH3 is 1. The average Bonchev–Trinajstić information content (AvgIpc) is 2.49. The van der Waals surface area contributed by atoms with E-state index in [-0.39, 0.29) is 12.0 Å². The summed E-state index contributed by atoms with van der Waals surface area (Å²) in [7, 11) is 3.62. The molecular weight excluding hydrogens is 254 g/mol. The Morgan fingerprint density at radius 3 is 2.65 bits per heavy atom. The van der Waals surface area contributed by atoms with Crippen molar-refractivity contribution in [1.29, 1.82) is 0 Å². The number of carbonyl (C=O) groups excluding carboxylic acids is 1. The van der Waals surface area contributed by atoms with Gasteiger partial charge in [-0.05, 0) is 54.3 Å². The van der Waals surface area contributed by atoms with Crippen molar-refractivity contribution in [2.24, 2.45) is 0 Å². The summed E-state index contributed by atoms with van der Waals surface area (Å²) in [6.45, 7) is 12.2. The van der Waals surface area contributed by atoms with E-state index in [0.29, 0.717) is 12.6 Å². The summed E-state index contributed by atoms with van der Waals surface area (Å²) in [5, 5.41) is 3.38. The van der Waals surface area contributed by atoms with Crippen molar-refractivity contribution >= 4 is 5.97 Å². The molecule has 0 radical (unpaired) electrons. The van der Waals surface area contributed by atoms with Crippen LogP contribution in [0.2, 0.25) is 0 Å². The highest BCUT2D eigenvalue weighted by Crippen LogP contribution is 2.16. The van der Waals surface area contributed by atoms with Gasteiger partial charge in [-0.1, -0.05) is 0 Å². The zero-order chi connectivity index (χ0) is 15.3. The fraction of sp³-hybridized carbons (Fsp3) is 0.933. The van der Waals surface area contributed by atoms with Crippen LogP contribution in [0.4, 0.5) is 0 Å². The van der Waals surface area contributed by atoms with Crippen LogP contribution in [-0.4, -0.2) is 73.7 Å². The molecule has 0 aliphatic carbocycles. The van der Waals surface area contributed by atoms with Gasteiger partial charge in [-0.2, -0.15) is 0 Å². The first-order chi connectivity index (χ1) is 9.28. The van der Waals surface area contributed by atoms with Crippen molar-refractivity contribution in [2.45, 2.75) is 51.7 Å². The van der Waals surface area contributed by atoms with Crippen LogP contribution in [0, 0.1) is 0 Å². The summed E-state index contributed by atoms with van der Waals surface area (Å²) in [5.41, 5.74) is -0.653. The maximum Gasteiger partial charge on any atom is 0.327 e. The van der Waals surface area contributed by atoms with Crippen LogP contribution in [0.1, 0.15) is 34.1 Å². The predicted molar refractivity (Wildman–Crippen MR) is 81.8 cm³/mol. The Balaban J connectivity index is 2.80. The molecule has 1 fully saturated rings. The molecule has 5 heteroatoms. The second-order valence-corrected chi connectivity index (χ2v) is 6.56. The Kier molecular flexibility index (Phi) is 6.43. The van der Waals surface area contributed by atoms with Crippen LogP contribution in [0.15, 0.2) is 0 Å². The monoisotopic (exact) mass is 285 g/mol. The summed E-state index contributed by atoms with van der Waals surface area (Å²) >= 11 is 0. The van der Waals surface area contributed by atoms with E-state index in [1.165, 1.54) is 7.11 Å². The lowest BCUT2D eigenvalue weighted by molar-refractivity contribution is -0.149. The molecule has 1 heterocycles. The summed E-state index contributed by atoms with van der Waals surface area (Å²) in [4.78, 5) is 16.9. The minimum atomic E-state index is -0.653. The van der Waals surface area contributed by atoms with E-state index in [1.807, 2.05) is 6.92 Å². The van der Waals surface area contributed by atoms with Crippen molar-refractivity contribution in [2.75, 3.05) is 40.3 Å². The predicted octanol–water partition coefficient (Wildman–Crippen LogP) is 0.942. The van der Waals surface area contributed by atoms with Gasteiger partial charge in [0.05, 0.1) is 7.11 Å². The zero-order valence-corrected chi connectivity index (χ0v) is 13.9. The lowest BCUT2D eigenvalue weighted by Gasteiger charge is -2.37. The van der Waals surface area contributed by atoms with E-state index < -0.39 is 5.54 Å². The molecule has 1 aliphatic heterocycles. The van der Waals surface area contributed by atoms with Crippen molar-refractivity contribution in [3.8, 4) is 0 Å². The second-order valence-electron chi connectivity index (χ2n) is 6.56. The topological polar surface area (TPSA) is 44.8 Å². The largest absolute Gasteiger partial charge is 0.468 e. The molecule has 2 unspecified atom stereocenters. The minimum absolute atomic E-state index is 0.184. The van der Waals surface area contributed by atoms with Gasteiger partial charge in [0.25, 0.3) is 0 Å². The van der Waals surface area contributed by atoms with Crippen LogP contribution >= 0.6 is 0 Å². The number of esters is 1. The van der Waals surface area contributed by atoms with Gasteiger partial charge in [-0.25, -0.2) is 0 Å². The second kappa shape index (κ2) is 7.38. The van der Waals surface area contributed by atoms with E-state index in [1.54, 1.807) is 0 Å². The Morgan fingerprint density at radius 1 is 1.45 bits per heavy atom. The van der Waals surface area contributed by atoms with E-state index in [0.717, 1.165) is 26.1 Å². The smallest absolute Gasteiger partial charge is 0.327 e. The number of ether oxygens (including phenoxy) is 1. The number of hydrogen-bond acceptors (Lipinski definition) is 5. The molecule has 0 spiro atoms. The molecule has 118 valence electrons. The SMILES string of the molecule is COC(=O)C(C)(CN1CCCN(C)CC1C)NC(C)C.